The lowest BCUT2D eigenvalue weighted by Crippen LogP contribution is -2.29. The van der Waals surface area contributed by atoms with E-state index in [0.29, 0.717) is 5.75 Å². The van der Waals surface area contributed by atoms with E-state index in [1.54, 1.807) is 11.8 Å². The highest BCUT2D eigenvalue weighted by Gasteiger charge is 2.15. The Labute approximate surface area is 143 Å². The first-order valence-electron chi connectivity index (χ1n) is 7.94. The molecule has 1 unspecified atom stereocenters. The van der Waals surface area contributed by atoms with Gasteiger partial charge in [0.25, 0.3) is 0 Å². The predicted molar refractivity (Wildman–Crippen MR) is 101 cm³/mol. The standard InChI is InChI=1S/C20H25NOS/c1-15(21-19(22)14-23-20(2,3)4)16-10-12-18(13-11-16)17-8-6-5-7-9-17/h5-13,15H,14H2,1-4H3,(H,21,22). The fourth-order valence-electron chi connectivity index (χ4n) is 2.24. The summed E-state index contributed by atoms with van der Waals surface area (Å²) in [6.07, 6.45) is 0. The fourth-order valence-corrected chi connectivity index (χ4v) is 2.89. The number of hydrogen-bond donors (Lipinski definition) is 1. The molecule has 2 aromatic carbocycles. The summed E-state index contributed by atoms with van der Waals surface area (Å²) in [4.78, 5) is 12.0. The van der Waals surface area contributed by atoms with E-state index in [4.69, 9.17) is 0 Å². The second-order valence-electron chi connectivity index (χ2n) is 6.68. The second-order valence-corrected chi connectivity index (χ2v) is 8.48. The molecule has 0 aliphatic rings. The topological polar surface area (TPSA) is 29.1 Å². The lowest BCUT2D eigenvalue weighted by Gasteiger charge is -2.19. The number of nitrogens with one attached hydrogen (secondary N) is 1. The van der Waals surface area contributed by atoms with Crippen LogP contribution in [0.2, 0.25) is 0 Å². The molecule has 0 aliphatic heterocycles. The SMILES string of the molecule is CC(NC(=O)CSC(C)(C)C)c1ccc(-c2ccccc2)cc1. The van der Waals surface area contributed by atoms with E-state index in [1.165, 1.54) is 11.1 Å². The highest BCUT2D eigenvalue weighted by Crippen LogP contribution is 2.24. The summed E-state index contributed by atoms with van der Waals surface area (Å²) in [5.41, 5.74) is 3.52. The summed E-state index contributed by atoms with van der Waals surface area (Å²) < 4.78 is 0.109. The summed E-state index contributed by atoms with van der Waals surface area (Å²) in [7, 11) is 0. The number of hydrogen-bond acceptors (Lipinski definition) is 2. The van der Waals surface area contributed by atoms with Crippen LogP contribution in [0.25, 0.3) is 11.1 Å². The van der Waals surface area contributed by atoms with Crippen LogP contribution in [-0.2, 0) is 4.79 Å². The van der Waals surface area contributed by atoms with E-state index < -0.39 is 0 Å². The average molecular weight is 327 g/mol. The lowest BCUT2D eigenvalue weighted by atomic mass is 10.0. The molecule has 0 saturated heterocycles. The second kappa shape index (κ2) is 7.69. The van der Waals surface area contributed by atoms with Crippen LogP contribution in [0, 0.1) is 0 Å². The third-order valence-corrected chi connectivity index (χ3v) is 4.80. The van der Waals surface area contributed by atoms with Crippen molar-refractivity contribution in [1.29, 1.82) is 0 Å². The lowest BCUT2D eigenvalue weighted by molar-refractivity contribution is -0.119. The number of benzene rings is 2. The van der Waals surface area contributed by atoms with Gasteiger partial charge in [-0.3, -0.25) is 4.79 Å². The highest BCUT2D eigenvalue weighted by molar-refractivity contribution is 8.01. The molecule has 1 N–H and O–H groups in total. The Hall–Kier alpha value is -1.74. The predicted octanol–water partition coefficient (Wildman–Crippen LogP) is 5.06. The molecule has 0 saturated carbocycles. The zero-order valence-corrected chi connectivity index (χ0v) is 15.1. The minimum atomic E-state index is 0.0212. The highest BCUT2D eigenvalue weighted by atomic mass is 32.2. The van der Waals surface area contributed by atoms with Crippen molar-refractivity contribution in [3.05, 3.63) is 60.2 Å². The summed E-state index contributed by atoms with van der Waals surface area (Å²) in [6, 6.07) is 18.7. The molecule has 122 valence electrons. The van der Waals surface area contributed by atoms with Crippen molar-refractivity contribution >= 4 is 17.7 Å². The van der Waals surface area contributed by atoms with Crippen LogP contribution in [0.4, 0.5) is 0 Å². The van der Waals surface area contributed by atoms with Crippen molar-refractivity contribution in [3.8, 4) is 11.1 Å². The van der Waals surface area contributed by atoms with Crippen molar-refractivity contribution in [2.24, 2.45) is 0 Å². The molecule has 3 heteroatoms. The molecule has 2 rings (SSSR count). The number of carbonyl (C=O) groups is 1. The van der Waals surface area contributed by atoms with E-state index in [-0.39, 0.29) is 16.7 Å². The smallest absolute Gasteiger partial charge is 0.230 e. The number of rotatable bonds is 5. The Morgan fingerprint density at radius 2 is 1.57 bits per heavy atom. The van der Waals surface area contributed by atoms with Gasteiger partial charge in [-0.1, -0.05) is 75.4 Å². The Kier molecular flexibility index (Phi) is 5.89. The first-order valence-corrected chi connectivity index (χ1v) is 8.92. The van der Waals surface area contributed by atoms with Gasteiger partial charge in [0.2, 0.25) is 5.91 Å². The minimum absolute atomic E-state index is 0.0212. The Balaban J connectivity index is 1.95. The molecular weight excluding hydrogens is 302 g/mol. The minimum Gasteiger partial charge on any atom is -0.349 e. The van der Waals surface area contributed by atoms with Crippen LogP contribution in [-0.4, -0.2) is 16.4 Å². The summed E-state index contributed by atoms with van der Waals surface area (Å²) in [5.74, 6) is 0.584. The largest absolute Gasteiger partial charge is 0.349 e. The summed E-state index contributed by atoms with van der Waals surface area (Å²) in [5, 5.41) is 3.07. The molecule has 1 amide bonds. The normalized spacial score (nSPS) is 12.7. The average Bonchev–Trinajstić information content (AvgIpc) is 2.53. The van der Waals surface area contributed by atoms with Gasteiger partial charge in [0.05, 0.1) is 11.8 Å². The first-order chi connectivity index (χ1) is 10.8. The van der Waals surface area contributed by atoms with Gasteiger partial charge in [-0.05, 0) is 23.6 Å². The van der Waals surface area contributed by atoms with Crippen LogP contribution in [0.5, 0.6) is 0 Å². The van der Waals surface area contributed by atoms with Gasteiger partial charge >= 0.3 is 0 Å². The molecule has 0 fully saturated rings. The maximum absolute atomic E-state index is 12.0. The van der Waals surface area contributed by atoms with Crippen molar-refractivity contribution < 1.29 is 4.79 Å². The molecule has 0 spiro atoms. The molecule has 23 heavy (non-hydrogen) atoms. The molecule has 1 atom stereocenters. The molecule has 2 nitrogen and oxygen atoms in total. The summed E-state index contributed by atoms with van der Waals surface area (Å²) >= 11 is 1.67. The van der Waals surface area contributed by atoms with Crippen molar-refractivity contribution in [1.82, 2.24) is 5.32 Å². The van der Waals surface area contributed by atoms with Gasteiger partial charge < -0.3 is 5.32 Å². The Morgan fingerprint density at radius 1 is 1.00 bits per heavy atom. The van der Waals surface area contributed by atoms with Gasteiger partial charge in [-0.25, -0.2) is 0 Å². The third-order valence-electron chi connectivity index (χ3n) is 3.53. The molecule has 2 aromatic rings. The quantitative estimate of drug-likeness (QED) is 0.831. The number of amides is 1. The molecule has 0 aromatic heterocycles. The van der Waals surface area contributed by atoms with E-state index in [2.05, 4.69) is 62.5 Å². The summed E-state index contributed by atoms with van der Waals surface area (Å²) in [6.45, 7) is 8.39. The van der Waals surface area contributed by atoms with Gasteiger partial charge in [0.1, 0.15) is 0 Å². The van der Waals surface area contributed by atoms with Crippen molar-refractivity contribution in [2.75, 3.05) is 5.75 Å². The first kappa shape index (κ1) is 17.6. The van der Waals surface area contributed by atoms with E-state index in [0.717, 1.165) is 5.56 Å². The molecule has 0 bridgehead atoms. The number of carbonyl (C=O) groups excluding carboxylic acids is 1. The maximum atomic E-state index is 12.0. The van der Waals surface area contributed by atoms with Crippen LogP contribution in [0.1, 0.15) is 39.3 Å². The van der Waals surface area contributed by atoms with Gasteiger partial charge in [0.15, 0.2) is 0 Å². The maximum Gasteiger partial charge on any atom is 0.230 e. The zero-order valence-electron chi connectivity index (χ0n) is 14.3. The molecule has 0 radical (unpaired) electrons. The number of thioether (sulfide) groups is 1. The van der Waals surface area contributed by atoms with Crippen LogP contribution >= 0.6 is 11.8 Å². The Morgan fingerprint density at radius 3 is 2.13 bits per heavy atom. The Bertz CT molecular complexity index is 629. The van der Waals surface area contributed by atoms with Crippen LogP contribution < -0.4 is 5.32 Å². The van der Waals surface area contributed by atoms with E-state index in [1.807, 2.05) is 25.1 Å². The molecular formula is C20H25NOS. The van der Waals surface area contributed by atoms with Gasteiger partial charge in [0, 0.05) is 4.75 Å². The van der Waals surface area contributed by atoms with Gasteiger partial charge in [-0.15, -0.1) is 11.8 Å². The van der Waals surface area contributed by atoms with Crippen LogP contribution in [0.3, 0.4) is 0 Å². The van der Waals surface area contributed by atoms with Gasteiger partial charge in [-0.2, -0.15) is 0 Å². The van der Waals surface area contributed by atoms with Crippen LogP contribution in [0.15, 0.2) is 54.6 Å². The molecule has 0 aliphatic carbocycles. The monoisotopic (exact) mass is 327 g/mol. The zero-order chi connectivity index (χ0) is 16.9. The molecule has 0 heterocycles. The van der Waals surface area contributed by atoms with E-state index in [9.17, 15) is 4.79 Å². The van der Waals surface area contributed by atoms with Crippen molar-refractivity contribution in [3.63, 3.8) is 0 Å². The fraction of sp³-hybridized carbons (Fsp3) is 0.350. The van der Waals surface area contributed by atoms with E-state index >= 15 is 0 Å². The van der Waals surface area contributed by atoms with Crippen molar-refractivity contribution in [2.45, 2.75) is 38.5 Å². The third kappa shape index (κ3) is 5.76.